The van der Waals surface area contributed by atoms with E-state index < -0.39 is 5.92 Å². The Morgan fingerprint density at radius 1 is 0.842 bits per heavy atom. The standard InChI is InChI=1S/C29H29N7O2/c1-18-7-12-24(14-19(18)2)36-17-21(15-28(36)37)29(38)34-23-10-8-22(9-11-23)33-26-16-27(32-20(3)31-26)35-25-6-4-5-13-30-25/h4-14,16,21H,15,17H2,1-3H3,(H,34,38)(H2,30,31,32,33,35). The summed E-state index contributed by atoms with van der Waals surface area (Å²) in [5.74, 6) is 1.95. The van der Waals surface area contributed by atoms with Crippen molar-refractivity contribution < 1.29 is 9.59 Å². The largest absolute Gasteiger partial charge is 0.340 e. The number of pyridine rings is 1. The van der Waals surface area contributed by atoms with Crippen molar-refractivity contribution in [2.45, 2.75) is 27.2 Å². The summed E-state index contributed by atoms with van der Waals surface area (Å²) in [6.45, 7) is 6.25. The number of aryl methyl sites for hydroxylation is 3. The van der Waals surface area contributed by atoms with E-state index in [4.69, 9.17) is 0 Å². The summed E-state index contributed by atoms with van der Waals surface area (Å²) in [4.78, 5) is 40.4. The summed E-state index contributed by atoms with van der Waals surface area (Å²) < 4.78 is 0. The van der Waals surface area contributed by atoms with Gasteiger partial charge in [0.05, 0.1) is 5.92 Å². The molecule has 0 spiro atoms. The highest BCUT2D eigenvalue weighted by atomic mass is 16.2. The van der Waals surface area contributed by atoms with E-state index in [1.165, 1.54) is 5.56 Å². The van der Waals surface area contributed by atoms with Gasteiger partial charge in [0.15, 0.2) is 0 Å². The lowest BCUT2D eigenvalue weighted by atomic mass is 10.1. The van der Waals surface area contributed by atoms with Gasteiger partial charge in [-0.05, 0) is 80.4 Å². The fourth-order valence-corrected chi connectivity index (χ4v) is 4.32. The highest BCUT2D eigenvalue weighted by Crippen LogP contribution is 2.28. The average Bonchev–Trinajstić information content (AvgIpc) is 3.29. The third-order valence-electron chi connectivity index (χ3n) is 6.48. The molecule has 2 aromatic heterocycles. The van der Waals surface area contributed by atoms with E-state index in [1.54, 1.807) is 17.2 Å². The highest BCUT2D eigenvalue weighted by Gasteiger charge is 2.35. The van der Waals surface area contributed by atoms with Crippen molar-refractivity contribution >= 4 is 46.3 Å². The van der Waals surface area contributed by atoms with Crippen molar-refractivity contribution in [2.75, 3.05) is 27.4 Å². The van der Waals surface area contributed by atoms with E-state index in [2.05, 4.69) is 30.9 Å². The van der Waals surface area contributed by atoms with E-state index in [9.17, 15) is 9.59 Å². The number of nitrogens with one attached hydrogen (secondary N) is 3. The Hall–Kier alpha value is -4.79. The van der Waals surface area contributed by atoms with Gasteiger partial charge < -0.3 is 20.9 Å². The Labute approximate surface area is 221 Å². The SMILES string of the molecule is Cc1nc(Nc2ccc(NC(=O)C3CC(=O)N(c4ccc(C)c(C)c4)C3)cc2)cc(Nc2ccccn2)n1. The molecule has 192 valence electrons. The van der Waals surface area contributed by atoms with Gasteiger partial charge in [0.25, 0.3) is 0 Å². The van der Waals surface area contributed by atoms with Crippen molar-refractivity contribution in [1.82, 2.24) is 15.0 Å². The zero-order chi connectivity index (χ0) is 26.6. The molecule has 1 aliphatic heterocycles. The van der Waals surface area contributed by atoms with Crippen LogP contribution in [0.1, 0.15) is 23.4 Å². The van der Waals surface area contributed by atoms with Crippen molar-refractivity contribution in [3.8, 4) is 0 Å². The van der Waals surface area contributed by atoms with E-state index >= 15 is 0 Å². The average molecular weight is 508 g/mol. The minimum absolute atomic E-state index is 0.0370. The number of aromatic nitrogens is 3. The topological polar surface area (TPSA) is 112 Å². The predicted molar refractivity (Wildman–Crippen MR) is 149 cm³/mol. The lowest BCUT2D eigenvalue weighted by Crippen LogP contribution is -2.28. The third kappa shape index (κ3) is 5.78. The number of carbonyl (C=O) groups is 2. The number of hydrogen-bond donors (Lipinski definition) is 3. The molecule has 2 amide bonds. The van der Waals surface area contributed by atoms with Gasteiger partial charge >= 0.3 is 0 Å². The fourth-order valence-electron chi connectivity index (χ4n) is 4.32. The second-order valence-corrected chi connectivity index (χ2v) is 9.39. The van der Waals surface area contributed by atoms with E-state index in [0.717, 1.165) is 16.9 Å². The van der Waals surface area contributed by atoms with Gasteiger partial charge in [-0.2, -0.15) is 0 Å². The van der Waals surface area contributed by atoms with Gasteiger partial charge in [0.1, 0.15) is 23.3 Å². The Morgan fingerprint density at radius 3 is 2.29 bits per heavy atom. The van der Waals surface area contributed by atoms with Crippen LogP contribution in [0.25, 0.3) is 0 Å². The summed E-state index contributed by atoms with van der Waals surface area (Å²) in [5, 5.41) is 9.39. The monoisotopic (exact) mass is 507 g/mol. The molecule has 5 rings (SSSR count). The molecule has 1 aliphatic rings. The molecule has 1 unspecified atom stereocenters. The molecular formula is C29H29N7O2. The van der Waals surface area contributed by atoms with E-state index in [1.807, 2.05) is 81.4 Å². The molecule has 3 heterocycles. The second-order valence-electron chi connectivity index (χ2n) is 9.39. The molecule has 0 aliphatic carbocycles. The second kappa shape index (κ2) is 10.7. The Balaban J connectivity index is 1.20. The summed E-state index contributed by atoms with van der Waals surface area (Å²) in [6.07, 6.45) is 1.90. The minimum atomic E-state index is -0.407. The van der Waals surface area contributed by atoms with Crippen LogP contribution in [-0.2, 0) is 9.59 Å². The molecule has 1 fully saturated rings. The van der Waals surface area contributed by atoms with Gasteiger partial charge in [-0.15, -0.1) is 0 Å². The summed E-state index contributed by atoms with van der Waals surface area (Å²) in [7, 11) is 0. The molecule has 3 N–H and O–H groups in total. The summed E-state index contributed by atoms with van der Waals surface area (Å²) in [5.41, 5.74) is 4.59. The van der Waals surface area contributed by atoms with Crippen molar-refractivity contribution in [2.24, 2.45) is 5.92 Å². The molecule has 9 heteroatoms. The smallest absolute Gasteiger partial charge is 0.229 e. The van der Waals surface area contributed by atoms with E-state index in [-0.39, 0.29) is 18.2 Å². The zero-order valence-corrected chi connectivity index (χ0v) is 21.5. The van der Waals surface area contributed by atoms with Gasteiger partial charge in [0, 0.05) is 42.3 Å². The van der Waals surface area contributed by atoms with Gasteiger partial charge in [-0.3, -0.25) is 9.59 Å². The maximum absolute atomic E-state index is 12.9. The molecule has 0 bridgehead atoms. The first-order valence-electron chi connectivity index (χ1n) is 12.4. The quantitative estimate of drug-likeness (QED) is 0.312. The molecule has 38 heavy (non-hydrogen) atoms. The molecule has 0 radical (unpaired) electrons. The maximum Gasteiger partial charge on any atom is 0.229 e. The number of nitrogens with zero attached hydrogens (tertiary/aromatic N) is 4. The fraction of sp³-hybridized carbons (Fsp3) is 0.207. The third-order valence-corrected chi connectivity index (χ3v) is 6.48. The van der Waals surface area contributed by atoms with Gasteiger partial charge in [-0.1, -0.05) is 12.1 Å². The van der Waals surface area contributed by atoms with Crippen LogP contribution in [0.4, 0.5) is 34.5 Å². The molecular weight excluding hydrogens is 478 g/mol. The number of hydrogen-bond acceptors (Lipinski definition) is 7. The lowest BCUT2D eigenvalue weighted by Gasteiger charge is -2.18. The number of carbonyl (C=O) groups excluding carboxylic acids is 2. The Kier molecular flexibility index (Phi) is 6.99. The molecule has 0 saturated carbocycles. The minimum Gasteiger partial charge on any atom is -0.340 e. The van der Waals surface area contributed by atoms with Crippen LogP contribution >= 0.6 is 0 Å². The zero-order valence-electron chi connectivity index (χ0n) is 21.5. The van der Waals surface area contributed by atoms with E-state index in [0.29, 0.717) is 35.5 Å². The van der Waals surface area contributed by atoms with Crippen LogP contribution in [0.5, 0.6) is 0 Å². The van der Waals surface area contributed by atoms with Crippen LogP contribution in [0.3, 0.4) is 0 Å². The molecule has 2 aromatic carbocycles. The Bertz CT molecular complexity index is 1470. The van der Waals surface area contributed by atoms with Crippen molar-refractivity contribution in [3.05, 3.63) is 89.9 Å². The van der Waals surface area contributed by atoms with Crippen LogP contribution in [0.2, 0.25) is 0 Å². The number of rotatable bonds is 7. The number of anilines is 6. The Morgan fingerprint density at radius 2 is 1.58 bits per heavy atom. The van der Waals surface area contributed by atoms with Crippen LogP contribution < -0.4 is 20.9 Å². The van der Waals surface area contributed by atoms with Crippen molar-refractivity contribution in [1.29, 1.82) is 0 Å². The molecule has 9 nitrogen and oxygen atoms in total. The molecule has 4 aromatic rings. The first-order chi connectivity index (χ1) is 18.3. The first kappa shape index (κ1) is 24.9. The lowest BCUT2D eigenvalue weighted by molar-refractivity contribution is -0.122. The summed E-state index contributed by atoms with van der Waals surface area (Å²) >= 11 is 0. The normalized spacial score (nSPS) is 14.9. The van der Waals surface area contributed by atoms with Crippen molar-refractivity contribution in [3.63, 3.8) is 0 Å². The first-order valence-corrected chi connectivity index (χ1v) is 12.4. The predicted octanol–water partition coefficient (Wildman–Crippen LogP) is 5.28. The van der Waals surface area contributed by atoms with Crippen LogP contribution in [0, 0.1) is 26.7 Å². The van der Waals surface area contributed by atoms with Crippen LogP contribution in [-0.4, -0.2) is 33.3 Å². The molecule has 1 saturated heterocycles. The molecule has 1 atom stereocenters. The number of amides is 2. The summed E-state index contributed by atoms with van der Waals surface area (Å²) in [6, 6.07) is 20.7. The van der Waals surface area contributed by atoms with Crippen LogP contribution in [0.15, 0.2) is 72.9 Å². The number of benzene rings is 2. The maximum atomic E-state index is 12.9. The highest BCUT2D eigenvalue weighted by molar-refractivity contribution is 6.03. The van der Waals surface area contributed by atoms with Gasteiger partial charge in [-0.25, -0.2) is 15.0 Å². The van der Waals surface area contributed by atoms with Gasteiger partial charge in [0.2, 0.25) is 11.8 Å².